The van der Waals surface area contributed by atoms with Gasteiger partial charge in [0.25, 0.3) is 0 Å². The van der Waals surface area contributed by atoms with Gasteiger partial charge in [-0.25, -0.2) is 0 Å². The summed E-state index contributed by atoms with van der Waals surface area (Å²) in [4.78, 5) is 0. The van der Waals surface area contributed by atoms with Crippen LogP contribution < -0.4 is 0 Å². The monoisotopic (exact) mass is 506 g/mol. The van der Waals surface area contributed by atoms with Crippen LogP contribution in [0.2, 0.25) is 36.3 Å². The van der Waals surface area contributed by atoms with Crippen molar-refractivity contribution in [2.45, 2.75) is 156 Å². The maximum absolute atomic E-state index is 7.47. The summed E-state index contributed by atoms with van der Waals surface area (Å²) in [5.74, 6) is 1.28. The van der Waals surface area contributed by atoms with Crippen molar-refractivity contribution in [3.63, 3.8) is 0 Å². The van der Waals surface area contributed by atoms with E-state index in [4.69, 9.17) is 8.85 Å². The SMILES string of the molecule is CC1(C)C2=CC[C@H]3[C@@H](O[Si](C)(C)C(C)(C)C)CCC[C@@]3(C)[C@H](O[Si](C)(C)C(C)(C)C)CC1CC2. The van der Waals surface area contributed by atoms with Gasteiger partial charge in [0.15, 0.2) is 16.6 Å². The Balaban J connectivity index is 2.06. The lowest BCUT2D eigenvalue weighted by Crippen LogP contribution is -2.56. The van der Waals surface area contributed by atoms with Crippen LogP contribution in [-0.2, 0) is 8.85 Å². The molecule has 34 heavy (non-hydrogen) atoms. The maximum Gasteiger partial charge on any atom is 0.192 e. The van der Waals surface area contributed by atoms with E-state index < -0.39 is 16.6 Å². The van der Waals surface area contributed by atoms with Crippen molar-refractivity contribution in [3.05, 3.63) is 11.6 Å². The largest absolute Gasteiger partial charge is 0.414 e. The van der Waals surface area contributed by atoms with E-state index in [2.05, 4.69) is 94.6 Å². The molecule has 0 radical (unpaired) electrons. The smallest absolute Gasteiger partial charge is 0.192 e. The molecule has 5 atom stereocenters. The van der Waals surface area contributed by atoms with E-state index in [0.29, 0.717) is 23.5 Å². The molecule has 3 rings (SSSR count). The Labute approximate surface area is 215 Å². The van der Waals surface area contributed by atoms with Crippen LogP contribution in [0.4, 0.5) is 0 Å². The zero-order chi connectivity index (χ0) is 26.0. The van der Waals surface area contributed by atoms with Gasteiger partial charge in [-0.2, -0.15) is 0 Å². The molecule has 198 valence electrons. The van der Waals surface area contributed by atoms with Gasteiger partial charge < -0.3 is 8.85 Å². The van der Waals surface area contributed by atoms with E-state index in [1.54, 1.807) is 5.57 Å². The zero-order valence-corrected chi connectivity index (χ0v) is 27.2. The Morgan fingerprint density at radius 3 is 1.97 bits per heavy atom. The average Bonchev–Trinajstić information content (AvgIpc) is 2.93. The molecule has 2 nitrogen and oxygen atoms in total. The van der Waals surface area contributed by atoms with Crippen LogP contribution in [0.25, 0.3) is 0 Å². The molecule has 2 bridgehead atoms. The maximum atomic E-state index is 7.47. The summed E-state index contributed by atoms with van der Waals surface area (Å²) in [6.07, 6.45) is 12.1. The Bertz CT molecular complexity index is 768. The third kappa shape index (κ3) is 5.22. The first-order valence-corrected chi connectivity index (χ1v) is 20.1. The highest BCUT2D eigenvalue weighted by Crippen LogP contribution is 2.58. The predicted molar refractivity (Wildman–Crippen MR) is 153 cm³/mol. The van der Waals surface area contributed by atoms with Crippen molar-refractivity contribution in [2.75, 3.05) is 0 Å². The molecule has 0 aromatic heterocycles. The Morgan fingerprint density at radius 2 is 1.41 bits per heavy atom. The molecule has 2 fully saturated rings. The first kappa shape index (κ1) is 28.7. The second kappa shape index (κ2) is 9.13. The summed E-state index contributed by atoms with van der Waals surface area (Å²) in [5, 5.41) is 0.480. The number of rotatable bonds is 4. The number of allylic oxidation sites excluding steroid dienone is 2. The van der Waals surface area contributed by atoms with Crippen LogP contribution in [0.3, 0.4) is 0 Å². The van der Waals surface area contributed by atoms with Crippen molar-refractivity contribution in [2.24, 2.45) is 22.7 Å². The summed E-state index contributed by atoms with van der Waals surface area (Å²) >= 11 is 0. The molecule has 0 aliphatic heterocycles. The highest BCUT2D eigenvalue weighted by Gasteiger charge is 2.55. The molecule has 0 N–H and O–H groups in total. The van der Waals surface area contributed by atoms with Crippen LogP contribution in [0, 0.1) is 22.7 Å². The molecular weight excluding hydrogens is 449 g/mol. The van der Waals surface area contributed by atoms with Crippen LogP contribution >= 0.6 is 0 Å². The Kier molecular flexibility index (Phi) is 7.70. The zero-order valence-electron chi connectivity index (χ0n) is 25.2. The summed E-state index contributed by atoms with van der Waals surface area (Å²) in [7, 11) is -3.73. The molecule has 2 saturated carbocycles. The molecule has 0 aromatic carbocycles. The molecular formula is C30H58O2Si2. The minimum absolute atomic E-state index is 0.179. The van der Waals surface area contributed by atoms with Crippen LogP contribution in [0.5, 0.6) is 0 Å². The minimum Gasteiger partial charge on any atom is -0.414 e. The lowest BCUT2D eigenvalue weighted by Gasteiger charge is -2.55. The normalized spacial score (nSPS) is 35.1. The molecule has 4 heteroatoms. The van der Waals surface area contributed by atoms with Gasteiger partial charge in [0.2, 0.25) is 0 Å². The first-order chi connectivity index (χ1) is 15.2. The van der Waals surface area contributed by atoms with Gasteiger partial charge in [-0.1, -0.05) is 80.4 Å². The molecule has 0 aromatic rings. The van der Waals surface area contributed by atoms with Crippen molar-refractivity contribution >= 4 is 16.6 Å². The van der Waals surface area contributed by atoms with Gasteiger partial charge in [-0.05, 0) is 97.5 Å². The van der Waals surface area contributed by atoms with Crippen molar-refractivity contribution < 1.29 is 8.85 Å². The van der Waals surface area contributed by atoms with E-state index in [0.717, 1.165) is 5.92 Å². The third-order valence-corrected chi connectivity index (χ3v) is 20.4. The lowest BCUT2D eigenvalue weighted by molar-refractivity contribution is -0.0861. The molecule has 0 amide bonds. The second-order valence-corrected chi connectivity index (χ2v) is 25.5. The fourth-order valence-corrected chi connectivity index (χ4v) is 9.40. The fourth-order valence-electron chi connectivity index (χ4n) is 6.58. The molecule has 1 unspecified atom stereocenters. The van der Waals surface area contributed by atoms with E-state index in [1.165, 1.54) is 44.9 Å². The van der Waals surface area contributed by atoms with E-state index in [9.17, 15) is 0 Å². The van der Waals surface area contributed by atoms with E-state index >= 15 is 0 Å². The highest BCUT2D eigenvalue weighted by atomic mass is 28.4. The van der Waals surface area contributed by atoms with Crippen molar-refractivity contribution in [3.8, 4) is 0 Å². The summed E-state index contributed by atoms with van der Waals surface area (Å²) < 4.78 is 14.7. The molecule has 3 aliphatic rings. The molecule has 3 aliphatic carbocycles. The summed E-state index contributed by atoms with van der Waals surface area (Å²) in [5.41, 5.74) is 2.19. The standard InChI is InChI=1S/C30H58O2Si2/c1-27(2,3)33(10,11)31-25-15-14-20-30(9)24(25)19-18-22-16-17-23(29(22,7)8)21-26(30)32-34(12,13)28(4,5)6/h18,23-26H,14-17,19-21H2,1-13H3/t23?,24-,25-,26+,30+/m0/s1. The minimum atomic E-state index is -1.89. The molecule has 0 heterocycles. The molecule has 0 saturated heterocycles. The summed E-state index contributed by atoms with van der Waals surface area (Å²) in [6, 6.07) is 0. The van der Waals surface area contributed by atoms with Gasteiger partial charge in [-0.3, -0.25) is 0 Å². The average molecular weight is 507 g/mol. The van der Waals surface area contributed by atoms with Gasteiger partial charge in [0.05, 0.1) is 6.10 Å². The van der Waals surface area contributed by atoms with Gasteiger partial charge in [0, 0.05) is 6.10 Å². The van der Waals surface area contributed by atoms with Crippen molar-refractivity contribution in [1.82, 2.24) is 0 Å². The first-order valence-electron chi connectivity index (χ1n) is 14.3. The van der Waals surface area contributed by atoms with Gasteiger partial charge in [0.1, 0.15) is 0 Å². The van der Waals surface area contributed by atoms with Crippen molar-refractivity contribution in [1.29, 1.82) is 0 Å². The topological polar surface area (TPSA) is 18.5 Å². The van der Waals surface area contributed by atoms with E-state index in [1.807, 2.05) is 0 Å². The Hall–Kier alpha value is 0.0938. The predicted octanol–water partition coefficient (Wildman–Crippen LogP) is 9.73. The van der Waals surface area contributed by atoms with Crippen LogP contribution in [-0.4, -0.2) is 28.8 Å². The number of hydrogen-bond acceptors (Lipinski definition) is 2. The highest BCUT2D eigenvalue weighted by molar-refractivity contribution is 6.74. The van der Waals surface area contributed by atoms with Gasteiger partial charge >= 0.3 is 0 Å². The van der Waals surface area contributed by atoms with Gasteiger partial charge in [-0.15, -0.1) is 0 Å². The number of hydrogen-bond donors (Lipinski definition) is 0. The van der Waals surface area contributed by atoms with Crippen LogP contribution in [0.15, 0.2) is 11.6 Å². The lowest BCUT2D eigenvalue weighted by atomic mass is 9.60. The fraction of sp³-hybridized carbons (Fsp3) is 0.933. The third-order valence-electron chi connectivity index (χ3n) is 11.5. The quantitative estimate of drug-likeness (QED) is 0.279. The second-order valence-electron chi connectivity index (χ2n) is 15.9. The molecule has 0 spiro atoms. The number of fused-ring (bicyclic) bond motifs is 3. The summed E-state index contributed by atoms with van der Waals surface area (Å²) in [6.45, 7) is 31.8. The van der Waals surface area contributed by atoms with E-state index in [-0.39, 0.29) is 15.5 Å². The Morgan fingerprint density at radius 1 is 0.853 bits per heavy atom. The van der Waals surface area contributed by atoms with Crippen LogP contribution in [0.1, 0.15) is 107 Å².